The van der Waals surface area contributed by atoms with Crippen molar-refractivity contribution in [2.24, 2.45) is 0 Å². The van der Waals surface area contributed by atoms with E-state index in [1.165, 1.54) is 0 Å². The second kappa shape index (κ2) is 3.59. The highest BCUT2D eigenvalue weighted by Crippen LogP contribution is 2.15. The predicted molar refractivity (Wildman–Crippen MR) is 49.2 cm³/mol. The van der Waals surface area contributed by atoms with Crippen molar-refractivity contribution in [3.63, 3.8) is 0 Å². The summed E-state index contributed by atoms with van der Waals surface area (Å²) in [6.07, 6.45) is 0. The minimum Gasteiger partial charge on any atom is -0.234 e. The molecule has 1 unspecified atom stereocenters. The molecule has 0 aliphatic carbocycles. The number of aryl methyl sites for hydroxylation is 2. The van der Waals surface area contributed by atoms with E-state index in [1.807, 2.05) is 26.0 Å². The molecular formula is C9H10O2P+. The fraction of sp³-hybridized carbons (Fsp3) is 0.222. The zero-order valence-electron chi connectivity index (χ0n) is 7.05. The smallest absolute Gasteiger partial charge is 0.234 e. The fourth-order valence-electron chi connectivity index (χ4n) is 1.12. The first-order valence-electron chi connectivity index (χ1n) is 3.65. The predicted octanol–water partition coefficient (Wildman–Crippen LogP) is 2.47. The lowest BCUT2D eigenvalue weighted by atomic mass is 10.1. The van der Waals surface area contributed by atoms with Gasteiger partial charge in [0.05, 0.1) is 5.56 Å². The SMILES string of the molecule is Cc1ccc(C(=O)[PH+]=O)c(C)c1. The monoisotopic (exact) mass is 181 g/mol. The average molecular weight is 181 g/mol. The minimum absolute atomic E-state index is 0.299. The highest BCUT2D eigenvalue weighted by molar-refractivity contribution is 7.47. The van der Waals surface area contributed by atoms with Crippen LogP contribution in [0.1, 0.15) is 21.5 Å². The maximum absolute atomic E-state index is 11.0. The molecule has 0 saturated carbocycles. The van der Waals surface area contributed by atoms with Gasteiger partial charge in [-0.3, -0.25) is 0 Å². The Labute approximate surface area is 72.8 Å². The first-order valence-corrected chi connectivity index (χ1v) is 4.55. The molecule has 0 aliphatic rings. The Morgan fingerprint density at radius 2 is 2.00 bits per heavy atom. The summed E-state index contributed by atoms with van der Waals surface area (Å²) in [6.45, 7) is 3.81. The van der Waals surface area contributed by atoms with Crippen molar-refractivity contribution in [1.29, 1.82) is 0 Å². The molecule has 0 heterocycles. The van der Waals surface area contributed by atoms with Gasteiger partial charge in [-0.15, -0.1) is 0 Å². The lowest BCUT2D eigenvalue weighted by molar-refractivity contribution is 0.108. The van der Waals surface area contributed by atoms with E-state index in [1.54, 1.807) is 6.07 Å². The van der Waals surface area contributed by atoms with Crippen LogP contribution in [0.5, 0.6) is 0 Å². The highest BCUT2D eigenvalue weighted by Gasteiger charge is 2.14. The molecule has 0 bridgehead atoms. The molecule has 2 nitrogen and oxygen atoms in total. The third-order valence-corrected chi connectivity index (χ3v) is 2.17. The van der Waals surface area contributed by atoms with Gasteiger partial charge in [0, 0.05) is 0 Å². The quantitative estimate of drug-likeness (QED) is 0.657. The molecule has 0 aromatic heterocycles. The van der Waals surface area contributed by atoms with Gasteiger partial charge in [0.25, 0.3) is 0 Å². The van der Waals surface area contributed by atoms with Crippen LogP contribution in [0, 0.1) is 13.8 Å². The lowest BCUT2D eigenvalue weighted by Crippen LogP contribution is -1.93. The van der Waals surface area contributed by atoms with Gasteiger partial charge in [-0.1, -0.05) is 22.3 Å². The maximum atomic E-state index is 11.0. The minimum atomic E-state index is -0.887. The van der Waals surface area contributed by atoms with E-state index in [0.29, 0.717) is 5.56 Å². The topological polar surface area (TPSA) is 34.1 Å². The van der Waals surface area contributed by atoms with Crippen molar-refractivity contribution < 1.29 is 9.36 Å². The van der Waals surface area contributed by atoms with E-state index in [9.17, 15) is 9.36 Å². The summed E-state index contributed by atoms with van der Waals surface area (Å²) < 4.78 is 10.3. The van der Waals surface area contributed by atoms with Crippen LogP contribution in [-0.2, 0) is 4.57 Å². The average Bonchev–Trinajstić information content (AvgIpc) is 2.03. The van der Waals surface area contributed by atoms with E-state index in [-0.39, 0.29) is 5.52 Å². The van der Waals surface area contributed by atoms with Gasteiger partial charge in [-0.2, -0.15) is 0 Å². The number of rotatable bonds is 2. The Kier molecular flexibility index (Phi) is 2.72. The molecule has 12 heavy (non-hydrogen) atoms. The molecular weight excluding hydrogens is 171 g/mol. The summed E-state index contributed by atoms with van der Waals surface area (Å²) in [5.74, 6) is 0. The number of hydrogen-bond donors (Lipinski definition) is 0. The van der Waals surface area contributed by atoms with Crippen LogP contribution in [0.25, 0.3) is 0 Å². The van der Waals surface area contributed by atoms with Crippen molar-refractivity contribution in [1.82, 2.24) is 0 Å². The Morgan fingerprint density at radius 1 is 1.33 bits per heavy atom. The van der Waals surface area contributed by atoms with Gasteiger partial charge in [0.1, 0.15) is 0 Å². The van der Waals surface area contributed by atoms with E-state index in [2.05, 4.69) is 0 Å². The van der Waals surface area contributed by atoms with E-state index < -0.39 is 8.46 Å². The van der Waals surface area contributed by atoms with Gasteiger partial charge >= 0.3 is 14.0 Å². The van der Waals surface area contributed by atoms with Crippen molar-refractivity contribution in [3.8, 4) is 0 Å². The number of carbonyl (C=O) groups is 1. The molecule has 62 valence electrons. The van der Waals surface area contributed by atoms with Gasteiger partial charge in [0.15, 0.2) is 0 Å². The van der Waals surface area contributed by atoms with Crippen LogP contribution in [0.15, 0.2) is 18.2 Å². The van der Waals surface area contributed by atoms with Gasteiger partial charge in [-0.05, 0) is 25.5 Å². The zero-order valence-corrected chi connectivity index (χ0v) is 8.05. The van der Waals surface area contributed by atoms with Crippen molar-refractivity contribution in [2.75, 3.05) is 0 Å². The van der Waals surface area contributed by atoms with Crippen LogP contribution in [0.3, 0.4) is 0 Å². The molecule has 3 heteroatoms. The summed E-state index contributed by atoms with van der Waals surface area (Å²) in [5.41, 5.74) is 2.27. The van der Waals surface area contributed by atoms with Crippen LogP contribution in [0.2, 0.25) is 0 Å². The largest absolute Gasteiger partial charge is 0.406 e. The lowest BCUT2D eigenvalue weighted by Gasteiger charge is -1.97. The standard InChI is InChI=1S/C9H9O2P/c1-6-3-4-8(7(2)5-6)9(10)12-11/h3-5H,1-2H3/p+1. The van der Waals surface area contributed by atoms with E-state index in [4.69, 9.17) is 0 Å². The Morgan fingerprint density at radius 3 is 2.50 bits per heavy atom. The van der Waals surface area contributed by atoms with Crippen LogP contribution < -0.4 is 0 Å². The summed E-state index contributed by atoms with van der Waals surface area (Å²) in [6, 6.07) is 5.48. The number of benzene rings is 1. The van der Waals surface area contributed by atoms with Crippen molar-refractivity contribution >= 4 is 14.0 Å². The molecule has 0 amide bonds. The molecule has 0 radical (unpaired) electrons. The van der Waals surface area contributed by atoms with Crippen LogP contribution >= 0.6 is 8.46 Å². The Balaban J connectivity index is 3.18. The normalized spacial score (nSPS) is 10.2. The molecule has 1 aromatic rings. The Bertz CT molecular complexity index is 331. The first kappa shape index (κ1) is 9.08. The summed E-state index contributed by atoms with van der Waals surface area (Å²) in [4.78, 5) is 11.0. The van der Waals surface area contributed by atoms with E-state index in [0.717, 1.165) is 11.1 Å². The molecule has 0 aliphatic heterocycles. The summed E-state index contributed by atoms with van der Waals surface area (Å²) in [5, 5.41) is 0. The molecule has 0 spiro atoms. The molecule has 1 atom stereocenters. The van der Waals surface area contributed by atoms with Crippen molar-refractivity contribution in [2.45, 2.75) is 13.8 Å². The second-order valence-electron chi connectivity index (χ2n) is 2.75. The molecule has 1 rings (SSSR count). The third-order valence-electron chi connectivity index (χ3n) is 1.72. The molecule has 0 fully saturated rings. The van der Waals surface area contributed by atoms with Gasteiger partial charge in [-0.25, -0.2) is 4.79 Å². The van der Waals surface area contributed by atoms with Gasteiger partial charge in [0.2, 0.25) is 0 Å². The number of carbonyl (C=O) groups excluding carboxylic acids is 1. The second-order valence-corrected chi connectivity index (χ2v) is 3.41. The van der Waals surface area contributed by atoms with Crippen LogP contribution in [-0.4, -0.2) is 5.52 Å². The van der Waals surface area contributed by atoms with Gasteiger partial charge < -0.3 is 0 Å². The van der Waals surface area contributed by atoms with Crippen molar-refractivity contribution in [3.05, 3.63) is 34.9 Å². The molecule has 0 saturated heterocycles. The number of hydrogen-bond acceptors (Lipinski definition) is 2. The summed E-state index contributed by atoms with van der Waals surface area (Å²) >= 11 is 0. The maximum Gasteiger partial charge on any atom is 0.406 e. The third kappa shape index (κ3) is 1.77. The fourth-order valence-corrected chi connectivity index (χ4v) is 1.51. The zero-order chi connectivity index (χ0) is 9.14. The Hall–Kier alpha value is -1.01. The molecule has 1 aromatic carbocycles. The van der Waals surface area contributed by atoms with E-state index >= 15 is 0 Å². The van der Waals surface area contributed by atoms with Crippen LogP contribution in [0.4, 0.5) is 0 Å². The summed E-state index contributed by atoms with van der Waals surface area (Å²) in [7, 11) is -0.887. The highest BCUT2D eigenvalue weighted by atomic mass is 31.1. The first-order chi connectivity index (χ1) is 5.65. The molecule has 0 N–H and O–H groups in total.